The van der Waals surface area contributed by atoms with Crippen molar-refractivity contribution in [2.75, 3.05) is 19.6 Å². The molecule has 0 aromatic rings. The highest BCUT2D eigenvalue weighted by Gasteiger charge is 2.37. The predicted octanol–water partition coefficient (Wildman–Crippen LogP) is -0.144. The fraction of sp³-hybridized carbons (Fsp3) is 0.438. The summed E-state index contributed by atoms with van der Waals surface area (Å²) in [4.78, 5) is 54.3. The van der Waals surface area contributed by atoms with Gasteiger partial charge in [0, 0.05) is 19.0 Å². The van der Waals surface area contributed by atoms with Crippen LogP contribution in [0.25, 0.3) is 0 Å². The van der Waals surface area contributed by atoms with Crippen LogP contribution in [0.5, 0.6) is 0 Å². The highest BCUT2D eigenvalue weighted by Crippen LogP contribution is 2.21. The van der Waals surface area contributed by atoms with Gasteiger partial charge in [0.2, 0.25) is 17.7 Å². The van der Waals surface area contributed by atoms with Crippen molar-refractivity contribution in [2.24, 2.45) is 22.6 Å². The molecule has 0 aromatic heterocycles. The quantitative estimate of drug-likeness (QED) is 0.775. The largest absolute Gasteiger partial charge is 0.369 e. The molecule has 0 bridgehead atoms. The number of rotatable bonds is 3. The summed E-state index contributed by atoms with van der Waals surface area (Å²) in [6.07, 6.45) is 7.70. The summed E-state index contributed by atoms with van der Waals surface area (Å²) in [5, 5.41) is 0. The van der Waals surface area contributed by atoms with E-state index >= 15 is 0 Å². The number of fused-ring (bicyclic) bond motifs is 1. The van der Waals surface area contributed by atoms with Gasteiger partial charge in [-0.3, -0.25) is 19.3 Å². The van der Waals surface area contributed by atoms with Crippen LogP contribution in [0.3, 0.4) is 0 Å². The molecule has 0 saturated carbocycles. The smallest absolute Gasteiger partial charge is 0.351 e. The first-order chi connectivity index (χ1) is 11.5. The van der Waals surface area contributed by atoms with E-state index in [-0.39, 0.29) is 24.3 Å². The second-order valence-corrected chi connectivity index (χ2v) is 6.02. The number of urea groups is 1. The van der Waals surface area contributed by atoms with E-state index in [0.717, 1.165) is 4.90 Å². The van der Waals surface area contributed by atoms with Gasteiger partial charge < -0.3 is 10.6 Å². The summed E-state index contributed by atoms with van der Waals surface area (Å²) in [5.41, 5.74) is 5.67. The predicted molar refractivity (Wildman–Crippen MR) is 84.8 cm³/mol. The third-order valence-electron chi connectivity index (χ3n) is 4.53. The third-order valence-corrected chi connectivity index (χ3v) is 4.53. The number of aliphatic imine (C=N–C) groups is 1. The minimum atomic E-state index is -0.716. The number of carbonyl (C=O) groups excluding carboxylic acids is 4. The fourth-order valence-electron chi connectivity index (χ4n) is 3.07. The van der Waals surface area contributed by atoms with E-state index < -0.39 is 17.9 Å². The topological polar surface area (TPSA) is 113 Å². The molecule has 126 valence electrons. The van der Waals surface area contributed by atoms with Crippen LogP contribution in [-0.4, -0.2) is 58.9 Å². The number of amides is 5. The van der Waals surface area contributed by atoms with E-state index in [2.05, 4.69) is 4.99 Å². The monoisotopic (exact) mass is 330 g/mol. The molecular formula is C16H18N4O4. The summed E-state index contributed by atoms with van der Waals surface area (Å²) < 4.78 is 0. The maximum Gasteiger partial charge on any atom is 0.351 e. The van der Waals surface area contributed by atoms with Gasteiger partial charge in [-0.15, -0.1) is 0 Å². The minimum absolute atomic E-state index is 0.223. The molecule has 3 aliphatic rings. The lowest BCUT2D eigenvalue weighted by atomic mass is 9.95. The SMILES string of the molecule is NC(=O)C1CCN(C(=O)CN2C(=O)N=C3C=CC=CC3C2=O)CC1. The van der Waals surface area contributed by atoms with Crippen LogP contribution >= 0.6 is 0 Å². The van der Waals surface area contributed by atoms with Gasteiger partial charge in [-0.05, 0) is 18.9 Å². The minimum Gasteiger partial charge on any atom is -0.369 e. The molecule has 1 fully saturated rings. The lowest BCUT2D eigenvalue weighted by Crippen LogP contribution is -2.52. The van der Waals surface area contributed by atoms with Crippen LogP contribution in [0.2, 0.25) is 0 Å². The van der Waals surface area contributed by atoms with E-state index in [1.807, 2.05) is 0 Å². The first-order valence-electron chi connectivity index (χ1n) is 7.83. The molecule has 8 nitrogen and oxygen atoms in total. The molecule has 2 N–H and O–H groups in total. The Morgan fingerprint density at radius 3 is 2.58 bits per heavy atom. The molecule has 8 heteroatoms. The van der Waals surface area contributed by atoms with E-state index in [4.69, 9.17) is 5.73 Å². The average Bonchev–Trinajstić information content (AvgIpc) is 2.58. The number of carbonyl (C=O) groups is 4. The number of allylic oxidation sites excluding steroid dienone is 3. The number of hydrogen-bond acceptors (Lipinski definition) is 4. The highest BCUT2D eigenvalue weighted by atomic mass is 16.2. The van der Waals surface area contributed by atoms with Crippen molar-refractivity contribution in [1.82, 2.24) is 9.80 Å². The Balaban J connectivity index is 1.65. The fourth-order valence-corrected chi connectivity index (χ4v) is 3.07. The zero-order chi connectivity index (χ0) is 17.3. The van der Waals surface area contributed by atoms with E-state index in [0.29, 0.717) is 31.6 Å². The number of hydrogen-bond donors (Lipinski definition) is 1. The lowest BCUT2D eigenvalue weighted by molar-refractivity contribution is -0.140. The Morgan fingerprint density at radius 1 is 1.21 bits per heavy atom. The molecule has 5 amide bonds. The summed E-state index contributed by atoms with van der Waals surface area (Å²) in [6, 6.07) is -0.716. The van der Waals surface area contributed by atoms with Crippen molar-refractivity contribution >= 4 is 29.5 Å². The Bertz CT molecular complexity index is 686. The van der Waals surface area contributed by atoms with Crippen molar-refractivity contribution in [3.63, 3.8) is 0 Å². The molecule has 0 radical (unpaired) electrons. The van der Waals surface area contributed by atoms with Gasteiger partial charge in [-0.1, -0.05) is 18.2 Å². The average molecular weight is 330 g/mol. The molecule has 1 aliphatic carbocycles. The number of nitrogens with zero attached hydrogens (tertiary/aromatic N) is 3. The maximum atomic E-state index is 12.4. The first-order valence-corrected chi connectivity index (χ1v) is 7.83. The van der Waals surface area contributed by atoms with Crippen molar-refractivity contribution in [3.8, 4) is 0 Å². The molecule has 3 rings (SSSR count). The van der Waals surface area contributed by atoms with Crippen molar-refractivity contribution in [1.29, 1.82) is 0 Å². The van der Waals surface area contributed by atoms with E-state index in [9.17, 15) is 19.2 Å². The normalized spacial score (nSPS) is 24.0. The summed E-state index contributed by atoms with van der Waals surface area (Å²) >= 11 is 0. The number of nitrogens with two attached hydrogens (primary N) is 1. The molecule has 0 spiro atoms. The third kappa shape index (κ3) is 2.99. The molecule has 1 unspecified atom stereocenters. The molecular weight excluding hydrogens is 312 g/mol. The van der Waals surface area contributed by atoms with Crippen molar-refractivity contribution in [2.45, 2.75) is 12.8 Å². The van der Waals surface area contributed by atoms with Crippen LogP contribution < -0.4 is 5.73 Å². The van der Waals surface area contributed by atoms with Gasteiger partial charge in [0.25, 0.3) is 0 Å². The first kappa shape index (κ1) is 16.1. The standard InChI is InChI=1S/C16H18N4O4/c17-14(22)10-5-7-19(8-6-10)13(21)9-20-15(23)11-3-1-2-4-12(11)18-16(20)24/h1-4,10-11H,5-9H2,(H2,17,22). The Kier molecular flexibility index (Phi) is 4.28. The van der Waals surface area contributed by atoms with Gasteiger partial charge in [-0.25, -0.2) is 4.79 Å². The summed E-state index contributed by atoms with van der Waals surface area (Å²) in [7, 11) is 0. The zero-order valence-corrected chi connectivity index (χ0v) is 13.1. The van der Waals surface area contributed by atoms with Crippen LogP contribution in [0.15, 0.2) is 29.3 Å². The summed E-state index contributed by atoms with van der Waals surface area (Å²) in [6.45, 7) is 0.455. The van der Waals surface area contributed by atoms with Gasteiger partial charge in [0.05, 0.1) is 11.6 Å². The molecule has 2 heterocycles. The van der Waals surface area contributed by atoms with Gasteiger partial charge in [0.1, 0.15) is 6.54 Å². The van der Waals surface area contributed by atoms with Gasteiger partial charge in [0.15, 0.2) is 0 Å². The van der Waals surface area contributed by atoms with Crippen LogP contribution in [0, 0.1) is 11.8 Å². The van der Waals surface area contributed by atoms with E-state index in [1.165, 1.54) is 0 Å². The zero-order valence-electron chi connectivity index (χ0n) is 13.1. The number of likely N-dealkylation sites (tertiary alicyclic amines) is 1. The maximum absolute atomic E-state index is 12.4. The van der Waals surface area contributed by atoms with Crippen molar-refractivity contribution in [3.05, 3.63) is 24.3 Å². The number of imide groups is 1. The van der Waals surface area contributed by atoms with Gasteiger partial charge in [-0.2, -0.15) is 4.99 Å². The molecule has 0 aromatic carbocycles. The summed E-state index contributed by atoms with van der Waals surface area (Å²) in [5.74, 6) is -1.96. The molecule has 1 atom stereocenters. The van der Waals surface area contributed by atoms with Crippen LogP contribution in [0.4, 0.5) is 4.79 Å². The van der Waals surface area contributed by atoms with Crippen LogP contribution in [0.1, 0.15) is 12.8 Å². The Labute approximate surface area is 138 Å². The van der Waals surface area contributed by atoms with Crippen molar-refractivity contribution < 1.29 is 19.2 Å². The highest BCUT2D eigenvalue weighted by molar-refractivity contribution is 6.22. The second kappa shape index (κ2) is 6.38. The van der Waals surface area contributed by atoms with Crippen LogP contribution in [-0.2, 0) is 14.4 Å². The van der Waals surface area contributed by atoms with Gasteiger partial charge >= 0.3 is 6.03 Å². The second-order valence-electron chi connectivity index (χ2n) is 6.02. The molecule has 2 aliphatic heterocycles. The number of primary amides is 1. The number of piperidine rings is 1. The van der Waals surface area contributed by atoms with E-state index in [1.54, 1.807) is 29.2 Å². The Morgan fingerprint density at radius 2 is 1.92 bits per heavy atom. The molecule has 1 saturated heterocycles. The molecule has 24 heavy (non-hydrogen) atoms. The Hall–Kier alpha value is -2.77. The lowest BCUT2D eigenvalue weighted by Gasteiger charge is -2.33.